The fourth-order valence-corrected chi connectivity index (χ4v) is 5.64. The van der Waals surface area contributed by atoms with Crippen LogP contribution in [0.4, 0.5) is 0 Å². The molecule has 1 amide bonds. The number of amides is 1. The highest BCUT2D eigenvalue weighted by Crippen LogP contribution is 2.30. The van der Waals surface area contributed by atoms with E-state index in [9.17, 15) is 4.79 Å². The van der Waals surface area contributed by atoms with Crippen molar-refractivity contribution in [2.45, 2.75) is 23.9 Å². The number of piperazine rings is 1. The Morgan fingerprint density at radius 3 is 2.24 bits per heavy atom. The molecule has 0 spiro atoms. The Bertz CT molecular complexity index is 1490. The third kappa shape index (κ3) is 5.10. The molecular weight excluding hydrogens is 496 g/mol. The van der Waals surface area contributed by atoms with E-state index < -0.39 is 0 Å². The number of rotatable bonds is 7. The van der Waals surface area contributed by atoms with E-state index in [0.717, 1.165) is 29.8 Å². The molecule has 3 heterocycles. The number of para-hydroxylation sites is 1. The topological polar surface area (TPSA) is 75.6 Å². The summed E-state index contributed by atoms with van der Waals surface area (Å²) < 4.78 is 11.4. The molecule has 38 heavy (non-hydrogen) atoms. The van der Waals surface area contributed by atoms with Crippen molar-refractivity contribution in [3.8, 4) is 0 Å². The standard InChI is InChI=1S/C30H28N4O3S/c1-21-9-8-14-25-27(21)32-30(37-25)38-20-26-31-24(19-36-26)29(35)34-17-15-33(16-18-34)28(22-10-4-2-5-11-22)23-12-6-3-7-13-23/h2-14,19,28H,15-18,20H2,1H3. The second kappa shape index (κ2) is 10.8. The van der Waals surface area contributed by atoms with Crippen molar-refractivity contribution in [1.82, 2.24) is 19.8 Å². The molecule has 7 nitrogen and oxygen atoms in total. The van der Waals surface area contributed by atoms with Gasteiger partial charge in [-0.3, -0.25) is 9.69 Å². The van der Waals surface area contributed by atoms with Crippen LogP contribution >= 0.6 is 11.8 Å². The number of hydrogen-bond donors (Lipinski definition) is 0. The molecule has 1 aliphatic heterocycles. The lowest BCUT2D eigenvalue weighted by Gasteiger charge is -2.39. The van der Waals surface area contributed by atoms with Crippen LogP contribution in [0.2, 0.25) is 0 Å². The lowest BCUT2D eigenvalue weighted by molar-refractivity contribution is 0.0591. The van der Waals surface area contributed by atoms with E-state index in [2.05, 4.69) is 63.4 Å². The van der Waals surface area contributed by atoms with Gasteiger partial charge in [0.2, 0.25) is 5.89 Å². The van der Waals surface area contributed by atoms with Gasteiger partial charge in [0.25, 0.3) is 11.1 Å². The quantitative estimate of drug-likeness (QED) is 0.243. The van der Waals surface area contributed by atoms with Crippen molar-refractivity contribution in [2.24, 2.45) is 0 Å². The number of carbonyl (C=O) groups is 1. The van der Waals surface area contributed by atoms with Crippen LogP contribution in [-0.4, -0.2) is 51.9 Å². The normalized spacial score (nSPS) is 14.4. The minimum Gasteiger partial charge on any atom is -0.447 e. The first kappa shape index (κ1) is 24.5. The summed E-state index contributed by atoms with van der Waals surface area (Å²) in [6.45, 7) is 4.83. The molecule has 0 aliphatic carbocycles. The van der Waals surface area contributed by atoms with Crippen molar-refractivity contribution < 1.29 is 13.6 Å². The molecule has 0 saturated carbocycles. The van der Waals surface area contributed by atoms with E-state index >= 15 is 0 Å². The van der Waals surface area contributed by atoms with Gasteiger partial charge >= 0.3 is 0 Å². The number of aromatic nitrogens is 2. The van der Waals surface area contributed by atoms with Crippen LogP contribution in [0, 0.1) is 6.92 Å². The van der Waals surface area contributed by atoms with E-state index in [1.54, 1.807) is 0 Å². The van der Waals surface area contributed by atoms with E-state index in [1.807, 2.05) is 42.2 Å². The van der Waals surface area contributed by atoms with Gasteiger partial charge in [-0.2, -0.15) is 0 Å². The van der Waals surface area contributed by atoms with E-state index in [0.29, 0.717) is 35.6 Å². The third-order valence-electron chi connectivity index (χ3n) is 6.89. The molecule has 0 unspecified atom stereocenters. The minimum absolute atomic E-state index is 0.0990. The molecule has 8 heteroatoms. The van der Waals surface area contributed by atoms with Gasteiger partial charge in [-0.1, -0.05) is 84.6 Å². The average Bonchev–Trinajstić information content (AvgIpc) is 3.61. The van der Waals surface area contributed by atoms with E-state index in [4.69, 9.17) is 8.83 Å². The summed E-state index contributed by atoms with van der Waals surface area (Å²) >= 11 is 1.40. The Morgan fingerprint density at radius 2 is 1.58 bits per heavy atom. The molecule has 1 aliphatic rings. The summed E-state index contributed by atoms with van der Waals surface area (Å²) in [4.78, 5) is 26.5. The summed E-state index contributed by atoms with van der Waals surface area (Å²) in [5.41, 5.74) is 5.54. The molecule has 5 aromatic rings. The molecule has 0 radical (unpaired) electrons. The van der Waals surface area contributed by atoms with Gasteiger partial charge in [-0.05, 0) is 29.7 Å². The number of hydrogen-bond acceptors (Lipinski definition) is 7. The number of thioether (sulfide) groups is 1. The average molecular weight is 525 g/mol. The molecular formula is C30H28N4O3S. The van der Waals surface area contributed by atoms with Crippen LogP contribution in [0.3, 0.4) is 0 Å². The maximum Gasteiger partial charge on any atom is 0.275 e. The molecule has 1 saturated heterocycles. The number of benzene rings is 3. The van der Waals surface area contributed by atoms with Crippen molar-refractivity contribution >= 4 is 28.8 Å². The summed E-state index contributed by atoms with van der Waals surface area (Å²) in [6, 6.07) is 27.1. The first-order valence-corrected chi connectivity index (χ1v) is 13.7. The van der Waals surface area contributed by atoms with Crippen molar-refractivity contribution in [1.29, 1.82) is 0 Å². The number of oxazole rings is 2. The molecule has 3 aromatic carbocycles. The van der Waals surface area contributed by atoms with Crippen LogP contribution in [0.5, 0.6) is 0 Å². The highest BCUT2D eigenvalue weighted by molar-refractivity contribution is 7.98. The molecule has 2 aromatic heterocycles. The summed E-state index contributed by atoms with van der Waals surface area (Å²) in [6.07, 6.45) is 1.46. The number of nitrogens with zero attached hydrogens (tertiary/aromatic N) is 4. The zero-order valence-electron chi connectivity index (χ0n) is 21.1. The molecule has 192 valence electrons. The molecule has 0 atom stereocenters. The highest BCUT2D eigenvalue weighted by atomic mass is 32.2. The lowest BCUT2D eigenvalue weighted by Crippen LogP contribution is -2.50. The monoisotopic (exact) mass is 524 g/mol. The predicted octanol–water partition coefficient (Wildman–Crippen LogP) is 5.96. The minimum atomic E-state index is -0.0990. The van der Waals surface area contributed by atoms with Gasteiger partial charge < -0.3 is 13.7 Å². The second-order valence-corrected chi connectivity index (χ2v) is 10.3. The summed E-state index contributed by atoms with van der Waals surface area (Å²) in [5, 5.41) is 0.558. The highest BCUT2D eigenvalue weighted by Gasteiger charge is 2.29. The van der Waals surface area contributed by atoms with Gasteiger partial charge in [0.05, 0.1) is 11.8 Å². The van der Waals surface area contributed by atoms with Crippen LogP contribution in [-0.2, 0) is 5.75 Å². The molecule has 6 rings (SSSR count). The fraction of sp³-hybridized carbons (Fsp3) is 0.233. The SMILES string of the molecule is Cc1cccc2oc(SCc3nc(C(=O)N4CCN(C(c5ccccc5)c5ccccc5)CC4)co3)nc12. The molecule has 0 bridgehead atoms. The number of carbonyl (C=O) groups excluding carboxylic acids is 1. The first-order valence-electron chi connectivity index (χ1n) is 12.7. The van der Waals surface area contributed by atoms with E-state index in [-0.39, 0.29) is 11.9 Å². The van der Waals surface area contributed by atoms with Gasteiger partial charge in [0.1, 0.15) is 11.8 Å². The van der Waals surface area contributed by atoms with Gasteiger partial charge in [-0.15, -0.1) is 0 Å². The summed E-state index contributed by atoms with van der Waals surface area (Å²) in [7, 11) is 0. The smallest absolute Gasteiger partial charge is 0.275 e. The van der Waals surface area contributed by atoms with Crippen molar-refractivity contribution in [2.75, 3.05) is 26.2 Å². The second-order valence-electron chi connectivity index (χ2n) is 9.37. The fourth-order valence-electron chi connectivity index (χ4n) is 4.96. The van der Waals surface area contributed by atoms with Gasteiger partial charge in [0.15, 0.2) is 11.3 Å². The van der Waals surface area contributed by atoms with Crippen LogP contribution in [0.1, 0.15) is 39.1 Å². The Labute approximate surface area is 225 Å². The van der Waals surface area contributed by atoms with Crippen LogP contribution in [0.15, 0.2) is 99.2 Å². The Hall–Kier alpha value is -3.88. The van der Waals surface area contributed by atoms with Crippen molar-refractivity contribution in [3.05, 3.63) is 113 Å². The summed E-state index contributed by atoms with van der Waals surface area (Å²) in [5.74, 6) is 0.810. The maximum absolute atomic E-state index is 13.2. The van der Waals surface area contributed by atoms with E-state index in [1.165, 1.54) is 29.2 Å². The largest absolute Gasteiger partial charge is 0.447 e. The van der Waals surface area contributed by atoms with Crippen molar-refractivity contribution in [3.63, 3.8) is 0 Å². The van der Waals surface area contributed by atoms with Crippen LogP contribution in [0.25, 0.3) is 11.1 Å². The Balaban J connectivity index is 1.09. The van der Waals surface area contributed by atoms with Crippen LogP contribution < -0.4 is 0 Å². The Kier molecular flexibility index (Phi) is 6.98. The van der Waals surface area contributed by atoms with Gasteiger partial charge in [0, 0.05) is 26.2 Å². The third-order valence-corrected chi connectivity index (χ3v) is 7.70. The van der Waals surface area contributed by atoms with Gasteiger partial charge in [-0.25, -0.2) is 9.97 Å². The molecule has 1 fully saturated rings. The number of aryl methyl sites for hydroxylation is 1. The predicted molar refractivity (Wildman–Crippen MR) is 147 cm³/mol. The molecule has 0 N–H and O–H groups in total. The zero-order chi connectivity index (χ0) is 25.9. The lowest BCUT2D eigenvalue weighted by atomic mass is 9.96. The Morgan fingerprint density at radius 1 is 0.895 bits per heavy atom. The zero-order valence-corrected chi connectivity index (χ0v) is 21.9. The maximum atomic E-state index is 13.2. The number of fused-ring (bicyclic) bond motifs is 1. The first-order chi connectivity index (χ1) is 18.7.